The molecular weight excluding hydrogens is 386 g/mol. The Kier molecular flexibility index (Phi) is 6.88. The van der Waals surface area contributed by atoms with Crippen LogP contribution in [0.5, 0.6) is 0 Å². The number of allylic oxidation sites excluding steroid dienone is 4. The summed E-state index contributed by atoms with van der Waals surface area (Å²) in [6, 6.07) is 22.3. The lowest BCUT2D eigenvalue weighted by Gasteiger charge is -2.46. The normalized spacial score (nSPS) is 16.2. The molecule has 0 aromatic heterocycles. The van der Waals surface area contributed by atoms with Gasteiger partial charge in [-0.15, -0.1) is 0 Å². The zero-order valence-corrected chi connectivity index (χ0v) is 20.9. The smallest absolute Gasteiger partial charge is 0.000563 e. The van der Waals surface area contributed by atoms with Crippen LogP contribution in [0.15, 0.2) is 83.7 Å². The van der Waals surface area contributed by atoms with Gasteiger partial charge in [0.15, 0.2) is 0 Å². The molecule has 0 aliphatic heterocycles. The van der Waals surface area contributed by atoms with Crippen LogP contribution in [-0.4, -0.2) is 16.0 Å². The Bertz CT molecular complexity index is 811. The van der Waals surface area contributed by atoms with Gasteiger partial charge in [0.2, 0.25) is 0 Å². The van der Waals surface area contributed by atoms with Crippen LogP contribution in [0, 0.1) is 0 Å². The van der Waals surface area contributed by atoms with Gasteiger partial charge in [0.25, 0.3) is 0 Å². The molecule has 29 heavy (non-hydrogen) atoms. The Morgan fingerprint density at radius 2 is 1.17 bits per heavy atom. The Labute approximate surface area is 181 Å². The first-order chi connectivity index (χ1) is 13.6. The molecule has 0 nitrogen and oxygen atoms in total. The average molecular weight is 423 g/mol. The van der Waals surface area contributed by atoms with Crippen LogP contribution in [0.3, 0.4) is 0 Å². The van der Waals surface area contributed by atoms with Crippen molar-refractivity contribution in [2.24, 2.45) is 0 Å². The quantitative estimate of drug-likeness (QED) is 0.431. The molecule has 0 fully saturated rings. The van der Waals surface area contributed by atoms with Crippen LogP contribution < -0.4 is 10.6 Å². The van der Waals surface area contributed by atoms with Crippen molar-refractivity contribution in [3.8, 4) is 0 Å². The van der Waals surface area contributed by atoms with Crippen molar-refractivity contribution in [1.29, 1.82) is 0 Å². The maximum Gasteiger partial charge on any atom is -0.000563 e. The summed E-state index contributed by atoms with van der Waals surface area (Å²) in [7, 11) is -0.709. The third-order valence-electron chi connectivity index (χ3n) is 5.55. The summed E-state index contributed by atoms with van der Waals surface area (Å²) >= 11 is 0. The highest BCUT2D eigenvalue weighted by Crippen LogP contribution is 2.66. The van der Waals surface area contributed by atoms with E-state index in [0.29, 0.717) is 16.0 Å². The summed E-state index contributed by atoms with van der Waals surface area (Å²) < 4.78 is 0. The van der Waals surface area contributed by atoms with Crippen molar-refractivity contribution in [3.05, 3.63) is 83.7 Å². The first-order valence-electron chi connectivity index (χ1n) is 10.7. The van der Waals surface area contributed by atoms with Crippen LogP contribution in [0.25, 0.3) is 0 Å². The van der Waals surface area contributed by atoms with Gasteiger partial charge in [-0.3, -0.25) is 0 Å². The minimum absolute atomic E-state index is 0.192. The second-order valence-corrected chi connectivity index (χ2v) is 16.3. The molecular formula is C27H36P2. The summed E-state index contributed by atoms with van der Waals surface area (Å²) in [4.78, 5) is 0. The SMILES string of the molecule is C[C@@H](C1=C(P(c2ccccc2)c2ccccc2)C=CC1)P(C(C)(C)C)C(C)(C)C. The van der Waals surface area contributed by atoms with E-state index < -0.39 is 7.92 Å². The van der Waals surface area contributed by atoms with Gasteiger partial charge in [-0.2, -0.15) is 0 Å². The van der Waals surface area contributed by atoms with Gasteiger partial charge < -0.3 is 0 Å². The molecule has 154 valence electrons. The molecule has 2 aromatic carbocycles. The van der Waals surface area contributed by atoms with Crippen molar-refractivity contribution >= 4 is 26.5 Å². The maximum absolute atomic E-state index is 2.51. The Morgan fingerprint density at radius 1 is 0.724 bits per heavy atom. The molecule has 1 aliphatic carbocycles. The monoisotopic (exact) mass is 422 g/mol. The van der Waals surface area contributed by atoms with Crippen LogP contribution >= 0.6 is 15.8 Å². The minimum Gasteiger partial charge on any atom is -0.0885 e. The van der Waals surface area contributed by atoms with Crippen LogP contribution in [-0.2, 0) is 0 Å². The molecule has 0 saturated carbocycles. The van der Waals surface area contributed by atoms with E-state index in [4.69, 9.17) is 0 Å². The minimum atomic E-state index is -0.517. The molecule has 0 saturated heterocycles. The highest BCUT2D eigenvalue weighted by Gasteiger charge is 2.40. The molecule has 1 atom stereocenters. The lowest BCUT2D eigenvalue weighted by atomic mass is 10.2. The zero-order valence-electron chi connectivity index (χ0n) is 19.1. The summed E-state index contributed by atoms with van der Waals surface area (Å²) in [6.07, 6.45) is 5.96. The van der Waals surface area contributed by atoms with E-state index in [0.717, 1.165) is 6.42 Å². The fourth-order valence-electron chi connectivity index (χ4n) is 5.02. The third-order valence-corrected chi connectivity index (χ3v) is 12.1. The Morgan fingerprint density at radius 3 is 1.59 bits per heavy atom. The summed E-state index contributed by atoms with van der Waals surface area (Å²) in [5, 5.41) is 5.16. The molecule has 0 N–H and O–H groups in total. The third kappa shape index (κ3) is 5.10. The summed E-state index contributed by atoms with van der Waals surface area (Å²) in [6.45, 7) is 17.2. The molecule has 0 heterocycles. The van der Waals surface area contributed by atoms with Crippen molar-refractivity contribution in [2.75, 3.05) is 0 Å². The predicted octanol–water partition coefficient (Wildman–Crippen LogP) is 7.80. The molecule has 0 bridgehead atoms. The van der Waals surface area contributed by atoms with Crippen LogP contribution in [0.2, 0.25) is 0 Å². The van der Waals surface area contributed by atoms with E-state index in [1.807, 2.05) is 0 Å². The van der Waals surface area contributed by atoms with Gasteiger partial charge in [0.05, 0.1) is 0 Å². The fraction of sp³-hybridized carbons (Fsp3) is 0.407. The zero-order chi connectivity index (χ0) is 21.2. The molecule has 3 rings (SSSR count). The second kappa shape index (κ2) is 8.88. The first kappa shape index (κ1) is 22.5. The molecule has 2 heteroatoms. The largest absolute Gasteiger partial charge is 0.0885 e. The molecule has 2 aromatic rings. The maximum atomic E-state index is 2.51. The summed E-state index contributed by atoms with van der Waals surface area (Å²) in [5.74, 6) is 0. The van der Waals surface area contributed by atoms with E-state index in [-0.39, 0.29) is 7.92 Å². The number of benzene rings is 2. The molecule has 0 amide bonds. The Balaban J connectivity index is 2.14. The highest BCUT2D eigenvalue weighted by atomic mass is 31.1. The van der Waals surface area contributed by atoms with Crippen LogP contribution in [0.4, 0.5) is 0 Å². The lowest BCUT2D eigenvalue weighted by Crippen LogP contribution is -2.31. The summed E-state index contributed by atoms with van der Waals surface area (Å²) in [5.41, 5.74) is 2.30. The van der Waals surface area contributed by atoms with E-state index in [2.05, 4.69) is 121 Å². The number of hydrogen-bond donors (Lipinski definition) is 0. The van der Waals surface area contributed by atoms with E-state index in [1.54, 1.807) is 10.9 Å². The van der Waals surface area contributed by atoms with Crippen molar-refractivity contribution in [3.63, 3.8) is 0 Å². The number of rotatable bonds is 5. The first-order valence-corrected chi connectivity index (χ1v) is 13.4. The standard InChI is InChI=1S/C27H36P2/c1-21(29(26(2,3)4)27(5,6)7)24-19-14-20-25(24)28(22-15-10-8-11-16-22)23-17-12-9-13-18-23/h8-18,20-21H,19H2,1-7H3/t21-/m0/s1. The van der Waals surface area contributed by atoms with Crippen molar-refractivity contribution in [2.45, 2.75) is 70.9 Å². The lowest BCUT2D eigenvalue weighted by molar-refractivity contribution is 0.693. The van der Waals surface area contributed by atoms with Crippen molar-refractivity contribution < 1.29 is 0 Å². The van der Waals surface area contributed by atoms with Gasteiger partial charge in [0.1, 0.15) is 0 Å². The van der Waals surface area contributed by atoms with Crippen molar-refractivity contribution in [1.82, 2.24) is 0 Å². The van der Waals surface area contributed by atoms with Crippen LogP contribution in [0.1, 0.15) is 54.9 Å². The molecule has 0 unspecified atom stereocenters. The van der Waals surface area contributed by atoms with E-state index in [1.165, 1.54) is 10.6 Å². The van der Waals surface area contributed by atoms with E-state index >= 15 is 0 Å². The fourth-order valence-corrected chi connectivity index (χ4v) is 12.6. The Hall–Kier alpha value is -1.22. The molecule has 1 aliphatic rings. The molecule has 0 spiro atoms. The second-order valence-electron chi connectivity index (χ2n) is 9.91. The topological polar surface area (TPSA) is 0 Å². The molecule has 0 radical (unpaired) electrons. The highest BCUT2D eigenvalue weighted by molar-refractivity contribution is 7.77. The average Bonchev–Trinajstić information content (AvgIpc) is 3.11. The van der Waals surface area contributed by atoms with Gasteiger partial charge in [0, 0.05) is 0 Å². The van der Waals surface area contributed by atoms with Gasteiger partial charge in [-0.25, -0.2) is 0 Å². The number of hydrogen-bond acceptors (Lipinski definition) is 0. The predicted molar refractivity (Wildman–Crippen MR) is 136 cm³/mol. The van der Waals surface area contributed by atoms with Gasteiger partial charge >= 0.3 is 0 Å². The van der Waals surface area contributed by atoms with Gasteiger partial charge in [-0.1, -0.05) is 135 Å². The van der Waals surface area contributed by atoms with E-state index in [9.17, 15) is 0 Å². The van der Waals surface area contributed by atoms with Gasteiger partial charge in [-0.05, 0) is 46.2 Å².